The lowest BCUT2D eigenvalue weighted by molar-refractivity contribution is -0.211. The van der Waals surface area contributed by atoms with Crippen molar-refractivity contribution in [2.24, 2.45) is 5.92 Å². The van der Waals surface area contributed by atoms with Gasteiger partial charge in [0, 0.05) is 41.5 Å². The van der Waals surface area contributed by atoms with Crippen molar-refractivity contribution in [2.45, 2.75) is 214 Å². The summed E-state index contributed by atoms with van der Waals surface area (Å²) >= 11 is 0. The number of unbranched alkanes of at least 4 members (excludes halogenated alkanes) is 18. The minimum atomic E-state index is 0.0236. The number of hydrogen-bond acceptors (Lipinski definition) is 5. The van der Waals surface area contributed by atoms with Gasteiger partial charge in [-0.3, -0.25) is 4.84 Å². The van der Waals surface area contributed by atoms with Crippen LogP contribution in [0, 0.1) is 5.92 Å². The second-order valence-electron chi connectivity index (χ2n) is 14.2. The topological polar surface area (TPSA) is 59.0 Å². The molecule has 1 N–H and O–H groups in total. The van der Waals surface area contributed by atoms with Gasteiger partial charge in [0.15, 0.2) is 0 Å². The van der Waals surface area contributed by atoms with E-state index >= 15 is 0 Å². The second kappa shape index (κ2) is 37.8. The minimum Gasteiger partial charge on any atom is -0.381 e. The van der Waals surface area contributed by atoms with Gasteiger partial charge in [0.2, 0.25) is 0 Å². The lowest BCUT2D eigenvalue weighted by Crippen LogP contribution is -2.35. The van der Waals surface area contributed by atoms with Gasteiger partial charge in [-0.25, -0.2) is 0 Å². The third kappa shape index (κ3) is 33.8. The molecule has 0 aliphatic rings. The molecule has 5 nitrogen and oxygen atoms in total. The van der Waals surface area contributed by atoms with Crippen LogP contribution in [0.25, 0.3) is 0 Å². The van der Waals surface area contributed by atoms with Gasteiger partial charge < -0.3 is 14.4 Å². The molecule has 3 atom stereocenters. The molecule has 0 rings (SSSR count). The lowest BCUT2D eigenvalue weighted by atomic mass is 9.94. The first-order chi connectivity index (χ1) is 22.6. The first-order valence-electron chi connectivity index (χ1n) is 20.4. The molecule has 6 heteroatoms. The lowest BCUT2D eigenvalue weighted by Gasteiger charge is -2.31. The zero-order valence-electron chi connectivity index (χ0n) is 31.6. The van der Waals surface area contributed by atoms with Gasteiger partial charge in [0.1, 0.15) is 5.78 Å². The van der Waals surface area contributed by atoms with Crippen LogP contribution in [-0.2, 0) is 14.4 Å². The molecule has 0 aliphatic carbocycles. The van der Waals surface area contributed by atoms with E-state index in [1.165, 1.54) is 141 Å². The van der Waals surface area contributed by atoms with Crippen LogP contribution < -0.4 is 0 Å². The molecule has 0 aromatic heterocycles. The minimum absolute atomic E-state index is 0.0236. The number of carbonyl (C=O) groups excluding carboxylic acids is 1. The molecule has 0 aromatic carbocycles. The molecule has 46 heavy (non-hydrogen) atoms. The number of nitrogens with zero attached hydrogens (tertiary/aromatic N) is 1. The largest absolute Gasteiger partial charge is 0.381 e. The van der Waals surface area contributed by atoms with Crippen molar-refractivity contribution in [3.05, 3.63) is 0 Å². The monoisotopic (exact) mass is 672 g/mol. The fraction of sp³-hybridized carbons (Fsp3) is 0.975. The predicted molar refractivity (Wildman–Crippen MR) is 203 cm³/mol. The van der Waals surface area contributed by atoms with Crippen LogP contribution in [0.5, 0.6) is 0 Å². The average molecular weight is 672 g/mol. The highest BCUT2D eigenvalue weighted by Gasteiger charge is 2.20. The Bertz CT molecular complexity index is 608. The third-order valence-electron chi connectivity index (χ3n) is 9.42. The van der Waals surface area contributed by atoms with Crippen LogP contribution in [0.2, 0.25) is 0 Å². The highest BCUT2D eigenvalue weighted by Crippen LogP contribution is 2.23. The summed E-state index contributed by atoms with van der Waals surface area (Å²) in [6, 6.07) is 0. The number of ether oxygens (including phenoxy) is 1. The van der Waals surface area contributed by atoms with Gasteiger partial charge in [-0.1, -0.05) is 149 Å². The van der Waals surface area contributed by atoms with Crippen LogP contribution in [0.3, 0.4) is 0 Å². The van der Waals surface area contributed by atoms with E-state index in [1.807, 2.05) is 0 Å². The molecule has 3 unspecified atom stereocenters. The molecule has 0 aliphatic heterocycles. The quantitative estimate of drug-likeness (QED) is 0.0400. The molecule has 0 aromatic rings. The summed E-state index contributed by atoms with van der Waals surface area (Å²) < 4.78 is 5.97. The highest BCUT2D eigenvalue weighted by molar-refractivity contribution is 7.31. The van der Waals surface area contributed by atoms with Gasteiger partial charge in [-0.05, 0) is 63.9 Å². The Morgan fingerprint density at radius 2 is 1.11 bits per heavy atom. The Kier molecular flexibility index (Phi) is 37.7. The number of ketones is 1. The molecule has 276 valence electrons. The summed E-state index contributed by atoms with van der Waals surface area (Å²) in [6.45, 7) is 12.1. The van der Waals surface area contributed by atoms with Gasteiger partial charge in [-0.15, -0.1) is 0 Å². The standard InChI is InChI=1S/C40H82NO4P/c1-5-8-11-14-16-17-19-22-25-33-41(37-39(30-26-28-38(4)42)29-23-21-18-15-12-9-6-2)45-40(31-24-20-13-10-7-3)32-35-44-34-27-36-46-43/h39-40,43,46H,5-37H2,1-4H3. The number of carbonyl (C=O) groups is 1. The van der Waals surface area contributed by atoms with Gasteiger partial charge in [-0.2, -0.15) is 5.06 Å². The van der Waals surface area contributed by atoms with Crippen molar-refractivity contribution < 1.29 is 19.3 Å². The van der Waals surface area contributed by atoms with E-state index < -0.39 is 0 Å². The molecule has 0 spiro atoms. The number of hydrogen-bond donors (Lipinski definition) is 1. The van der Waals surface area contributed by atoms with Crippen LogP contribution >= 0.6 is 8.81 Å². The number of Topliss-reactive ketones (excluding diaryl/α,β-unsaturated/α-hetero) is 1. The van der Waals surface area contributed by atoms with E-state index in [-0.39, 0.29) is 14.9 Å². The Morgan fingerprint density at radius 1 is 0.609 bits per heavy atom. The van der Waals surface area contributed by atoms with Crippen molar-refractivity contribution >= 4 is 14.6 Å². The SMILES string of the molecule is CCCCCCCCCCCN(CC(CCCCCCCCC)CCCC(C)=O)OC(CCCCCCC)CCOCCCPO. The van der Waals surface area contributed by atoms with Crippen molar-refractivity contribution in [1.29, 1.82) is 0 Å². The van der Waals surface area contributed by atoms with E-state index in [0.29, 0.717) is 18.1 Å². The first kappa shape index (κ1) is 45.9. The second-order valence-corrected chi connectivity index (χ2v) is 15.0. The number of rotatable bonds is 39. The smallest absolute Gasteiger partial charge is 0.129 e. The number of hydroxylamine groups is 2. The van der Waals surface area contributed by atoms with E-state index in [1.54, 1.807) is 6.92 Å². The van der Waals surface area contributed by atoms with E-state index in [4.69, 9.17) is 14.5 Å². The van der Waals surface area contributed by atoms with Gasteiger partial charge in [0.25, 0.3) is 0 Å². The van der Waals surface area contributed by atoms with E-state index in [2.05, 4.69) is 25.8 Å². The van der Waals surface area contributed by atoms with Gasteiger partial charge in [0.05, 0.1) is 6.10 Å². The fourth-order valence-corrected chi connectivity index (χ4v) is 6.74. The molecule has 0 fully saturated rings. The molecule has 0 heterocycles. The summed E-state index contributed by atoms with van der Waals surface area (Å²) in [4.78, 5) is 27.8. The molecule has 0 amide bonds. The summed E-state index contributed by atoms with van der Waals surface area (Å²) in [5.41, 5.74) is 0. The Balaban J connectivity index is 5.26. The zero-order valence-corrected chi connectivity index (χ0v) is 32.6. The molecule has 0 saturated heterocycles. The Labute approximate surface area is 290 Å². The zero-order chi connectivity index (χ0) is 33.8. The summed E-state index contributed by atoms with van der Waals surface area (Å²) in [5.74, 6) is 0.911. The third-order valence-corrected chi connectivity index (χ3v) is 10.00. The molecule has 0 bridgehead atoms. The normalized spacial score (nSPS) is 13.3. The van der Waals surface area contributed by atoms with E-state index in [9.17, 15) is 4.79 Å². The summed E-state index contributed by atoms with van der Waals surface area (Å²) in [5, 5.41) is 2.37. The van der Waals surface area contributed by atoms with Crippen LogP contribution in [0.4, 0.5) is 0 Å². The summed E-state index contributed by atoms with van der Waals surface area (Å²) in [7, 11) is 0.0236. The van der Waals surface area contributed by atoms with Crippen molar-refractivity contribution in [2.75, 3.05) is 32.5 Å². The van der Waals surface area contributed by atoms with Crippen LogP contribution in [0.1, 0.15) is 207 Å². The van der Waals surface area contributed by atoms with Crippen LogP contribution in [-0.4, -0.2) is 54.3 Å². The van der Waals surface area contributed by atoms with Crippen molar-refractivity contribution in [3.63, 3.8) is 0 Å². The predicted octanol–water partition coefficient (Wildman–Crippen LogP) is 12.4. The van der Waals surface area contributed by atoms with E-state index in [0.717, 1.165) is 64.6 Å². The first-order valence-corrected chi connectivity index (χ1v) is 21.6. The molecule has 0 saturated carbocycles. The summed E-state index contributed by atoms with van der Waals surface area (Å²) in [6.07, 6.45) is 36.0. The van der Waals surface area contributed by atoms with Crippen LogP contribution in [0.15, 0.2) is 0 Å². The average Bonchev–Trinajstić information content (AvgIpc) is 3.04. The molecular weight excluding hydrogens is 589 g/mol. The van der Waals surface area contributed by atoms with Crippen molar-refractivity contribution in [3.8, 4) is 0 Å². The molecule has 0 radical (unpaired) electrons. The van der Waals surface area contributed by atoms with Crippen molar-refractivity contribution in [1.82, 2.24) is 5.06 Å². The molecular formula is C40H82NO4P. The highest BCUT2D eigenvalue weighted by atomic mass is 31.1. The maximum Gasteiger partial charge on any atom is 0.129 e. The Morgan fingerprint density at radius 3 is 1.65 bits per heavy atom. The fourth-order valence-electron chi connectivity index (χ4n) is 6.44. The maximum atomic E-state index is 11.8. The Hall–Kier alpha value is -0.0600. The maximum absolute atomic E-state index is 11.8. The van der Waals surface area contributed by atoms with Gasteiger partial charge >= 0.3 is 0 Å².